The molecule has 0 aliphatic rings. The molecule has 0 saturated carbocycles. The van der Waals surface area contributed by atoms with E-state index in [2.05, 4.69) is 16.0 Å². The van der Waals surface area contributed by atoms with Crippen molar-refractivity contribution >= 4 is 24.8 Å². The summed E-state index contributed by atoms with van der Waals surface area (Å²) < 4.78 is 2.03. The highest BCUT2D eigenvalue weighted by Crippen LogP contribution is 2.26. The lowest BCUT2D eigenvalue weighted by Crippen LogP contribution is -2.10. The molecule has 0 bridgehead atoms. The van der Waals surface area contributed by atoms with Crippen LogP contribution in [0.15, 0.2) is 67.5 Å². The molecule has 3 aromatic rings. The lowest BCUT2D eigenvalue weighted by atomic mass is 9.99. The van der Waals surface area contributed by atoms with Crippen LogP contribution in [0, 0.1) is 11.3 Å². The Morgan fingerprint density at radius 1 is 0.955 bits per heavy atom. The topological polar surface area (TPSA) is 54.5 Å². The highest BCUT2D eigenvalue weighted by molar-refractivity contribution is 5.85. The van der Waals surface area contributed by atoms with Gasteiger partial charge in [-0.1, -0.05) is 18.2 Å². The summed E-state index contributed by atoms with van der Waals surface area (Å²) in [6, 6.07) is 13.7. The van der Waals surface area contributed by atoms with Crippen molar-refractivity contribution in [3.63, 3.8) is 0 Å². The maximum absolute atomic E-state index is 8.89. The number of benzene rings is 1. The molecule has 0 fully saturated rings. The number of hydrogen-bond acceptors (Lipinski definition) is 3. The Balaban J connectivity index is 0.00000121. The Hall–Kier alpha value is -2.35. The van der Waals surface area contributed by atoms with Gasteiger partial charge in [0.2, 0.25) is 0 Å². The molecule has 0 N–H and O–H groups in total. The van der Waals surface area contributed by atoms with E-state index in [9.17, 15) is 0 Å². The first kappa shape index (κ1) is 17.7. The zero-order chi connectivity index (χ0) is 13.8. The van der Waals surface area contributed by atoms with E-state index in [0.717, 1.165) is 11.1 Å². The Labute approximate surface area is 141 Å². The van der Waals surface area contributed by atoms with Crippen LogP contribution < -0.4 is 0 Å². The molecule has 2 aromatic heterocycles. The van der Waals surface area contributed by atoms with Gasteiger partial charge in [0.15, 0.2) is 0 Å². The summed E-state index contributed by atoms with van der Waals surface area (Å²) in [6.07, 6.45) is 9.08. The predicted molar refractivity (Wildman–Crippen MR) is 89.4 cm³/mol. The van der Waals surface area contributed by atoms with Crippen LogP contribution in [0.1, 0.15) is 22.7 Å². The van der Waals surface area contributed by atoms with E-state index in [1.807, 2.05) is 53.4 Å². The normalized spacial score (nSPS) is 10.7. The number of halogens is 2. The average Bonchev–Trinajstić information content (AvgIpc) is 3.03. The molecule has 0 radical (unpaired) electrons. The first-order valence-corrected chi connectivity index (χ1v) is 6.26. The molecule has 4 nitrogen and oxygen atoms in total. The van der Waals surface area contributed by atoms with Crippen molar-refractivity contribution in [2.75, 3.05) is 0 Å². The molecule has 0 amide bonds. The van der Waals surface area contributed by atoms with Crippen molar-refractivity contribution < 1.29 is 0 Å². The van der Waals surface area contributed by atoms with E-state index in [1.165, 1.54) is 0 Å². The van der Waals surface area contributed by atoms with Crippen LogP contribution in [0.3, 0.4) is 0 Å². The fourth-order valence-electron chi connectivity index (χ4n) is 2.24. The van der Waals surface area contributed by atoms with E-state index in [4.69, 9.17) is 5.26 Å². The number of imidazole rings is 1. The van der Waals surface area contributed by atoms with Crippen LogP contribution in [0.5, 0.6) is 0 Å². The summed E-state index contributed by atoms with van der Waals surface area (Å²) in [7, 11) is 0. The maximum atomic E-state index is 8.89. The summed E-state index contributed by atoms with van der Waals surface area (Å²) in [5.74, 6) is 0. The molecule has 1 unspecified atom stereocenters. The van der Waals surface area contributed by atoms with Gasteiger partial charge in [-0.05, 0) is 29.3 Å². The van der Waals surface area contributed by atoms with Crippen LogP contribution in [0.2, 0.25) is 0 Å². The second-order valence-electron chi connectivity index (χ2n) is 4.43. The maximum Gasteiger partial charge on any atom is 0.0991 e. The molecule has 2 heterocycles. The van der Waals surface area contributed by atoms with Crippen LogP contribution in [-0.4, -0.2) is 14.5 Å². The third-order valence-electron chi connectivity index (χ3n) is 3.18. The van der Waals surface area contributed by atoms with Gasteiger partial charge in [-0.3, -0.25) is 4.98 Å². The first-order valence-electron chi connectivity index (χ1n) is 6.26. The lowest BCUT2D eigenvalue weighted by Gasteiger charge is -2.19. The standard InChI is InChI=1S/C16H12N4.2ClH/c17-10-13-3-5-14(6-4-13)16(20-9-8-19-12-20)15-2-1-7-18-11-15;;/h1-9,11-12,16H;2*1H. The number of rotatable bonds is 3. The second kappa shape index (κ2) is 8.18. The molecule has 3 rings (SSSR count). The van der Waals surface area contributed by atoms with E-state index in [0.29, 0.717) is 5.56 Å². The minimum absolute atomic E-state index is 0. The number of hydrogen-bond donors (Lipinski definition) is 0. The summed E-state index contributed by atoms with van der Waals surface area (Å²) in [5.41, 5.74) is 2.83. The van der Waals surface area contributed by atoms with Crippen molar-refractivity contribution in [2.24, 2.45) is 0 Å². The Kier molecular flexibility index (Phi) is 6.58. The Bertz CT molecular complexity index is 719. The minimum atomic E-state index is 0. The van der Waals surface area contributed by atoms with E-state index in [-0.39, 0.29) is 30.9 Å². The van der Waals surface area contributed by atoms with Gasteiger partial charge in [0.05, 0.1) is 24.0 Å². The Morgan fingerprint density at radius 2 is 1.73 bits per heavy atom. The molecular weight excluding hydrogens is 319 g/mol. The highest BCUT2D eigenvalue weighted by Gasteiger charge is 2.15. The smallest absolute Gasteiger partial charge is 0.0991 e. The van der Waals surface area contributed by atoms with Gasteiger partial charge in [0, 0.05) is 24.8 Å². The van der Waals surface area contributed by atoms with Crippen molar-refractivity contribution in [2.45, 2.75) is 6.04 Å². The molecule has 112 valence electrons. The minimum Gasteiger partial charge on any atom is -0.326 e. The second-order valence-corrected chi connectivity index (χ2v) is 4.43. The van der Waals surface area contributed by atoms with Gasteiger partial charge in [0.1, 0.15) is 0 Å². The third kappa shape index (κ3) is 3.64. The fourth-order valence-corrected chi connectivity index (χ4v) is 2.24. The molecule has 0 aliphatic heterocycles. The molecule has 1 aromatic carbocycles. The van der Waals surface area contributed by atoms with Crippen molar-refractivity contribution in [1.29, 1.82) is 5.26 Å². The summed E-state index contributed by atoms with van der Waals surface area (Å²) >= 11 is 0. The summed E-state index contributed by atoms with van der Waals surface area (Å²) in [5, 5.41) is 8.89. The average molecular weight is 333 g/mol. The molecule has 0 saturated heterocycles. The van der Waals surface area contributed by atoms with E-state index >= 15 is 0 Å². The quantitative estimate of drug-likeness (QED) is 0.735. The molecule has 22 heavy (non-hydrogen) atoms. The molecular formula is C16H14Cl2N4. The van der Waals surface area contributed by atoms with Crippen molar-refractivity contribution in [1.82, 2.24) is 14.5 Å². The van der Waals surface area contributed by atoms with Crippen molar-refractivity contribution in [3.05, 3.63) is 84.2 Å². The number of nitriles is 1. The number of nitrogens with zero attached hydrogens (tertiary/aromatic N) is 4. The molecule has 1 atom stereocenters. The lowest BCUT2D eigenvalue weighted by molar-refractivity contribution is 0.674. The van der Waals surface area contributed by atoms with Gasteiger partial charge in [0.25, 0.3) is 0 Å². The number of pyridine rings is 1. The van der Waals surface area contributed by atoms with E-state index in [1.54, 1.807) is 18.7 Å². The largest absolute Gasteiger partial charge is 0.326 e. The van der Waals surface area contributed by atoms with Crippen LogP contribution in [-0.2, 0) is 0 Å². The zero-order valence-corrected chi connectivity index (χ0v) is 13.2. The molecule has 6 heteroatoms. The van der Waals surface area contributed by atoms with Gasteiger partial charge >= 0.3 is 0 Å². The van der Waals surface area contributed by atoms with Gasteiger partial charge in [-0.25, -0.2) is 4.98 Å². The third-order valence-corrected chi connectivity index (χ3v) is 3.18. The Morgan fingerprint density at radius 3 is 2.27 bits per heavy atom. The van der Waals surface area contributed by atoms with Crippen molar-refractivity contribution in [3.8, 4) is 6.07 Å². The highest BCUT2D eigenvalue weighted by atomic mass is 35.5. The van der Waals surface area contributed by atoms with Gasteiger partial charge in [-0.15, -0.1) is 24.8 Å². The summed E-state index contributed by atoms with van der Waals surface area (Å²) in [4.78, 5) is 8.31. The van der Waals surface area contributed by atoms with Crippen LogP contribution in [0.25, 0.3) is 0 Å². The number of aromatic nitrogens is 3. The fraction of sp³-hybridized carbons (Fsp3) is 0.0625. The first-order chi connectivity index (χ1) is 9.88. The van der Waals surface area contributed by atoms with Gasteiger partial charge in [-0.2, -0.15) is 5.26 Å². The summed E-state index contributed by atoms with van der Waals surface area (Å²) in [6.45, 7) is 0. The molecule has 0 spiro atoms. The monoisotopic (exact) mass is 332 g/mol. The van der Waals surface area contributed by atoms with Gasteiger partial charge < -0.3 is 4.57 Å². The SMILES string of the molecule is Cl.Cl.N#Cc1ccc(C(c2cccnc2)n2ccnc2)cc1. The van der Waals surface area contributed by atoms with E-state index < -0.39 is 0 Å². The van der Waals surface area contributed by atoms with Crippen LogP contribution >= 0.6 is 24.8 Å². The molecule has 0 aliphatic carbocycles. The predicted octanol–water partition coefficient (Wildman–Crippen LogP) is 3.63. The zero-order valence-electron chi connectivity index (χ0n) is 11.5. The van der Waals surface area contributed by atoms with Crippen LogP contribution in [0.4, 0.5) is 0 Å².